The molecule has 0 aliphatic heterocycles. The Labute approximate surface area is 74.6 Å². The van der Waals surface area contributed by atoms with Crippen LogP contribution in [-0.2, 0) is 4.79 Å². The van der Waals surface area contributed by atoms with Crippen LogP contribution in [0.2, 0.25) is 0 Å². The summed E-state index contributed by atoms with van der Waals surface area (Å²) in [6.07, 6.45) is 1.74. The molecular formula is C6H10ClNO2S. The molecule has 0 aromatic carbocycles. The summed E-state index contributed by atoms with van der Waals surface area (Å²) >= 11 is 6.68. The van der Waals surface area contributed by atoms with Crippen LogP contribution >= 0.6 is 23.4 Å². The minimum absolute atomic E-state index is 0.413. The van der Waals surface area contributed by atoms with E-state index in [1.54, 1.807) is 6.08 Å². The van der Waals surface area contributed by atoms with Crippen LogP contribution in [0.1, 0.15) is 0 Å². The predicted molar refractivity (Wildman–Crippen MR) is 47.9 cm³/mol. The molecule has 0 heterocycles. The van der Waals surface area contributed by atoms with Crippen molar-refractivity contribution in [1.29, 1.82) is 0 Å². The van der Waals surface area contributed by atoms with Crippen molar-refractivity contribution in [3.05, 3.63) is 11.6 Å². The van der Waals surface area contributed by atoms with Gasteiger partial charge in [0.2, 0.25) is 0 Å². The Morgan fingerprint density at radius 1 is 1.82 bits per heavy atom. The molecule has 1 atom stereocenters. The van der Waals surface area contributed by atoms with Gasteiger partial charge in [-0.25, -0.2) is 0 Å². The molecule has 0 aromatic rings. The number of hydrogen-bond acceptors (Lipinski definition) is 3. The lowest BCUT2D eigenvalue weighted by Crippen LogP contribution is -2.32. The molecule has 0 fully saturated rings. The third kappa shape index (κ3) is 6.22. The van der Waals surface area contributed by atoms with Crippen molar-refractivity contribution < 1.29 is 9.90 Å². The number of halogens is 1. The maximum absolute atomic E-state index is 10.2. The Bertz CT molecular complexity index is 152. The van der Waals surface area contributed by atoms with Gasteiger partial charge in [-0.2, -0.15) is 11.8 Å². The average Bonchev–Trinajstić information content (AvgIpc) is 1.97. The van der Waals surface area contributed by atoms with Crippen LogP contribution in [0.25, 0.3) is 0 Å². The quantitative estimate of drug-likeness (QED) is 0.640. The van der Waals surface area contributed by atoms with Gasteiger partial charge in [-0.15, -0.1) is 0 Å². The van der Waals surface area contributed by atoms with E-state index >= 15 is 0 Å². The van der Waals surface area contributed by atoms with Gasteiger partial charge in [0.15, 0.2) is 0 Å². The highest BCUT2D eigenvalue weighted by Gasteiger charge is 2.09. The smallest absolute Gasteiger partial charge is 0.321 e. The second kappa shape index (κ2) is 6.52. The molecule has 0 saturated heterocycles. The van der Waals surface area contributed by atoms with Gasteiger partial charge in [0, 0.05) is 17.0 Å². The van der Waals surface area contributed by atoms with Crippen molar-refractivity contribution in [1.82, 2.24) is 0 Å². The highest BCUT2D eigenvalue weighted by atomic mass is 35.5. The first-order chi connectivity index (χ1) is 5.18. The molecule has 0 aliphatic carbocycles. The number of carboxylic acids is 1. The van der Waals surface area contributed by atoms with Gasteiger partial charge in [0.25, 0.3) is 0 Å². The standard InChI is InChI=1S/C6H10ClNO2S/c7-2-1-3-11-4-5(8)6(9)10/h1-2,5H,3-4,8H2,(H,9,10)/t5-/m0/s1. The minimum Gasteiger partial charge on any atom is -0.480 e. The lowest BCUT2D eigenvalue weighted by atomic mass is 10.4. The van der Waals surface area contributed by atoms with Crippen molar-refractivity contribution in [3.8, 4) is 0 Å². The number of rotatable bonds is 5. The third-order valence-electron chi connectivity index (χ3n) is 0.918. The normalized spacial score (nSPS) is 13.6. The molecule has 3 nitrogen and oxygen atoms in total. The molecular weight excluding hydrogens is 186 g/mol. The summed E-state index contributed by atoms with van der Waals surface area (Å²) in [5, 5.41) is 8.36. The number of thioether (sulfide) groups is 1. The zero-order valence-electron chi connectivity index (χ0n) is 5.87. The minimum atomic E-state index is -0.965. The number of hydrogen-bond donors (Lipinski definition) is 2. The Kier molecular flexibility index (Phi) is 6.40. The van der Waals surface area contributed by atoms with Crippen LogP contribution in [0, 0.1) is 0 Å². The molecule has 0 saturated carbocycles. The van der Waals surface area contributed by atoms with Crippen LogP contribution in [0.5, 0.6) is 0 Å². The molecule has 11 heavy (non-hydrogen) atoms. The van der Waals surface area contributed by atoms with Crippen molar-refractivity contribution in [2.75, 3.05) is 11.5 Å². The molecule has 0 aromatic heterocycles. The van der Waals surface area contributed by atoms with Gasteiger partial charge in [0.05, 0.1) is 0 Å². The Balaban J connectivity index is 3.31. The van der Waals surface area contributed by atoms with E-state index in [1.807, 2.05) is 0 Å². The van der Waals surface area contributed by atoms with Crippen LogP contribution in [0.3, 0.4) is 0 Å². The van der Waals surface area contributed by atoms with Gasteiger partial charge in [-0.05, 0) is 0 Å². The van der Waals surface area contributed by atoms with E-state index in [2.05, 4.69) is 0 Å². The molecule has 3 N–H and O–H groups in total. The first-order valence-corrected chi connectivity index (χ1v) is 4.59. The van der Waals surface area contributed by atoms with Crippen LogP contribution in [-0.4, -0.2) is 28.6 Å². The SMILES string of the molecule is N[C@@H](CSCC=CCl)C(=O)O. The van der Waals surface area contributed by atoms with E-state index < -0.39 is 12.0 Å². The number of carboxylic acid groups (broad SMARTS) is 1. The van der Waals surface area contributed by atoms with E-state index in [0.29, 0.717) is 11.5 Å². The zero-order chi connectivity index (χ0) is 8.69. The van der Waals surface area contributed by atoms with E-state index in [4.69, 9.17) is 22.4 Å². The Morgan fingerprint density at radius 3 is 2.91 bits per heavy atom. The van der Waals surface area contributed by atoms with Crippen molar-refractivity contribution in [2.24, 2.45) is 5.73 Å². The second-order valence-electron chi connectivity index (χ2n) is 1.84. The van der Waals surface area contributed by atoms with E-state index in [0.717, 1.165) is 0 Å². The van der Waals surface area contributed by atoms with Crippen molar-refractivity contribution >= 4 is 29.3 Å². The van der Waals surface area contributed by atoms with Crippen molar-refractivity contribution in [3.63, 3.8) is 0 Å². The number of carbonyl (C=O) groups is 1. The molecule has 0 unspecified atom stereocenters. The molecule has 0 amide bonds. The fourth-order valence-electron chi connectivity index (χ4n) is 0.371. The number of aliphatic carboxylic acids is 1. The molecule has 0 radical (unpaired) electrons. The summed E-state index contributed by atoms with van der Waals surface area (Å²) in [7, 11) is 0. The highest BCUT2D eigenvalue weighted by molar-refractivity contribution is 7.99. The van der Waals surface area contributed by atoms with Crippen LogP contribution in [0.4, 0.5) is 0 Å². The molecule has 64 valence electrons. The Hall–Kier alpha value is -0.190. The molecule has 0 spiro atoms. The van der Waals surface area contributed by atoms with Gasteiger partial charge in [0.1, 0.15) is 6.04 Å². The summed E-state index contributed by atoms with van der Waals surface area (Å²) < 4.78 is 0. The average molecular weight is 196 g/mol. The van der Waals surface area contributed by atoms with Gasteiger partial charge in [-0.1, -0.05) is 17.7 Å². The summed E-state index contributed by atoms with van der Waals surface area (Å²) in [5.74, 6) is 0.147. The monoisotopic (exact) mass is 195 g/mol. The van der Waals surface area contributed by atoms with Gasteiger partial charge >= 0.3 is 5.97 Å². The largest absolute Gasteiger partial charge is 0.480 e. The van der Waals surface area contributed by atoms with E-state index in [-0.39, 0.29) is 0 Å². The summed E-state index contributed by atoms with van der Waals surface area (Å²) in [5.41, 5.74) is 6.62. The molecule has 0 rings (SSSR count). The van der Waals surface area contributed by atoms with E-state index in [9.17, 15) is 4.79 Å². The summed E-state index contributed by atoms with van der Waals surface area (Å²) in [6, 6.07) is -0.774. The maximum Gasteiger partial charge on any atom is 0.321 e. The van der Waals surface area contributed by atoms with E-state index in [1.165, 1.54) is 17.3 Å². The summed E-state index contributed by atoms with van der Waals surface area (Å²) in [4.78, 5) is 10.2. The van der Waals surface area contributed by atoms with Crippen LogP contribution in [0.15, 0.2) is 11.6 Å². The topological polar surface area (TPSA) is 63.3 Å². The van der Waals surface area contributed by atoms with Crippen molar-refractivity contribution in [2.45, 2.75) is 6.04 Å². The second-order valence-corrected chi connectivity index (χ2v) is 3.17. The fraction of sp³-hybridized carbons (Fsp3) is 0.500. The lowest BCUT2D eigenvalue weighted by Gasteiger charge is -2.02. The highest BCUT2D eigenvalue weighted by Crippen LogP contribution is 2.02. The lowest BCUT2D eigenvalue weighted by molar-refractivity contribution is -0.137. The predicted octanol–water partition coefficient (Wildman–Crippen LogP) is 0.884. The van der Waals surface area contributed by atoms with Crippen LogP contribution < -0.4 is 5.73 Å². The molecule has 5 heteroatoms. The van der Waals surface area contributed by atoms with Gasteiger partial charge < -0.3 is 10.8 Å². The third-order valence-corrected chi connectivity index (χ3v) is 2.12. The first-order valence-electron chi connectivity index (χ1n) is 3.00. The first kappa shape index (κ1) is 10.8. The summed E-state index contributed by atoms with van der Waals surface area (Å²) in [6.45, 7) is 0. The Morgan fingerprint density at radius 2 is 2.45 bits per heavy atom. The molecule has 0 bridgehead atoms. The zero-order valence-corrected chi connectivity index (χ0v) is 7.44. The fourth-order valence-corrected chi connectivity index (χ4v) is 1.33. The number of nitrogens with two attached hydrogens (primary N) is 1. The van der Waals surface area contributed by atoms with Gasteiger partial charge in [-0.3, -0.25) is 4.79 Å². The molecule has 0 aliphatic rings. The maximum atomic E-state index is 10.2.